The van der Waals surface area contributed by atoms with Crippen molar-refractivity contribution in [1.29, 1.82) is 0 Å². The van der Waals surface area contributed by atoms with E-state index in [1.807, 2.05) is 16.8 Å². The normalized spacial score (nSPS) is 11.2. The van der Waals surface area contributed by atoms with Gasteiger partial charge in [0, 0.05) is 12.7 Å². The molecule has 0 aliphatic carbocycles. The number of carbonyl (C=O) groups is 2. The number of aryl methyl sites for hydroxylation is 1. The zero-order chi connectivity index (χ0) is 22.2. The Morgan fingerprint density at radius 3 is 2.78 bits per heavy atom. The van der Waals surface area contributed by atoms with Crippen LogP contribution in [0.25, 0.3) is 16.0 Å². The third-order valence-corrected chi connectivity index (χ3v) is 6.59. The summed E-state index contributed by atoms with van der Waals surface area (Å²) in [6.45, 7) is -0.130. The fourth-order valence-electron chi connectivity index (χ4n) is 3.28. The van der Waals surface area contributed by atoms with Gasteiger partial charge in [-0.25, -0.2) is 4.79 Å². The van der Waals surface area contributed by atoms with Crippen molar-refractivity contribution in [2.45, 2.75) is 6.61 Å². The molecule has 0 aliphatic heterocycles. The molecule has 0 fully saturated rings. The molecule has 4 heterocycles. The molecule has 0 saturated heterocycles. The summed E-state index contributed by atoms with van der Waals surface area (Å²) in [7, 11) is 1.62. The fraction of sp³-hybridized carbons (Fsp3) is 0.0952. The number of amides is 1. The van der Waals surface area contributed by atoms with Gasteiger partial charge in [0.2, 0.25) is 5.78 Å². The highest BCUT2D eigenvalue weighted by molar-refractivity contribution is 7.17. The van der Waals surface area contributed by atoms with Crippen molar-refractivity contribution in [2.75, 3.05) is 5.32 Å². The van der Waals surface area contributed by atoms with Crippen LogP contribution in [-0.2, 0) is 18.4 Å². The molecule has 11 heteroatoms. The molecule has 32 heavy (non-hydrogen) atoms. The lowest BCUT2D eigenvalue weighted by molar-refractivity contribution is 0.0461. The number of hydrogen-bond donors (Lipinski definition) is 1. The van der Waals surface area contributed by atoms with E-state index in [1.54, 1.807) is 47.8 Å². The Hall–Kier alpha value is -3.83. The monoisotopic (exact) mass is 465 g/mol. The maximum Gasteiger partial charge on any atom is 0.338 e. The predicted octanol–water partition coefficient (Wildman–Crippen LogP) is 3.31. The molecule has 5 aromatic rings. The van der Waals surface area contributed by atoms with Crippen LogP contribution in [0.4, 0.5) is 5.69 Å². The van der Waals surface area contributed by atoms with Crippen LogP contribution in [0.3, 0.4) is 0 Å². The van der Waals surface area contributed by atoms with Gasteiger partial charge in [0.25, 0.3) is 11.5 Å². The smallest absolute Gasteiger partial charge is 0.338 e. The van der Waals surface area contributed by atoms with Crippen LogP contribution < -0.4 is 10.9 Å². The molecule has 4 aromatic heterocycles. The van der Waals surface area contributed by atoms with Crippen molar-refractivity contribution < 1.29 is 14.3 Å². The fourth-order valence-corrected chi connectivity index (χ4v) is 4.75. The zero-order valence-corrected chi connectivity index (χ0v) is 18.3. The molecule has 0 atom stereocenters. The third kappa shape index (κ3) is 3.47. The SMILES string of the molecule is Cn1c(=O)c2sccc2n2c(COC(=O)c3cccc(NC(=O)c4cccs4)c3)nnc12. The molecule has 1 amide bonds. The second kappa shape index (κ2) is 8.02. The molecular formula is C21H15N5O4S2. The zero-order valence-electron chi connectivity index (χ0n) is 16.6. The summed E-state index contributed by atoms with van der Waals surface area (Å²) in [6, 6.07) is 11.8. The van der Waals surface area contributed by atoms with Crippen LogP contribution >= 0.6 is 22.7 Å². The van der Waals surface area contributed by atoms with E-state index < -0.39 is 5.97 Å². The van der Waals surface area contributed by atoms with Gasteiger partial charge in [-0.15, -0.1) is 32.9 Å². The number of rotatable bonds is 5. The summed E-state index contributed by atoms with van der Waals surface area (Å²) < 4.78 is 9.14. The average Bonchev–Trinajstić information content (AvgIpc) is 3.56. The second-order valence-electron chi connectivity index (χ2n) is 6.84. The van der Waals surface area contributed by atoms with Gasteiger partial charge in [-0.2, -0.15) is 0 Å². The number of aromatic nitrogens is 4. The van der Waals surface area contributed by atoms with Crippen molar-refractivity contribution in [3.05, 3.63) is 79.8 Å². The van der Waals surface area contributed by atoms with E-state index in [0.717, 1.165) is 0 Å². The predicted molar refractivity (Wildman–Crippen MR) is 121 cm³/mol. The van der Waals surface area contributed by atoms with E-state index in [2.05, 4.69) is 15.5 Å². The van der Waals surface area contributed by atoms with Crippen molar-refractivity contribution in [3.8, 4) is 0 Å². The summed E-state index contributed by atoms with van der Waals surface area (Å²) in [4.78, 5) is 37.9. The van der Waals surface area contributed by atoms with Gasteiger partial charge in [-0.1, -0.05) is 12.1 Å². The molecule has 0 unspecified atom stereocenters. The largest absolute Gasteiger partial charge is 0.454 e. The molecule has 0 radical (unpaired) electrons. The minimum atomic E-state index is -0.569. The van der Waals surface area contributed by atoms with Gasteiger partial charge in [0.05, 0.1) is 16.0 Å². The number of carbonyl (C=O) groups excluding carboxylic acids is 2. The van der Waals surface area contributed by atoms with Crippen LogP contribution in [0.2, 0.25) is 0 Å². The van der Waals surface area contributed by atoms with E-state index in [9.17, 15) is 14.4 Å². The summed E-state index contributed by atoms with van der Waals surface area (Å²) >= 11 is 2.66. The third-order valence-electron chi connectivity index (χ3n) is 4.83. The number of anilines is 1. The first-order chi connectivity index (χ1) is 15.5. The maximum absolute atomic E-state index is 12.6. The highest BCUT2D eigenvalue weighted by Crippen LogP contribution is 2.20. The summed E-state index contributed by atoms with van der Waals surface area (Å²) in [6.07, 6.45) is 0. The molecule has 0 bridgehead atoms. The van der Waals surface area contributed by atoms with Crippen molar-refractivity contribution in [1.82, 2.24) is 19.2 Å². The van der Waals surface area contributed by atoms with E-state index in [1.165, 1.54) is 27.2 Å². The summed E-state index contributed by atoms with van der Waals surface area (Å²) in [5, 5.41) is 14.6. The first-order valence-corrected chi connectivity index (χ1v) is 11.2. The molecule has 9 nitrogen and oxygen atoms in total. The van der Waals surface area contributed by atoms with Crippen molar-refractivity contribution in [3.63, 3.8) is 0 Å². The number of hydrogen-bond acceptors (Lipinski definition) is 8. The quantitative estimate of drug-likeness (QED) is 0.399. The molecule has 5 rings (SSSR count). The second-order valence-corrected chi connectivity index (χ2v) is 8.70. The van der Waals surface area contributed by atoms with Gasteiger partial charge in [0.1, 0.15) is 4.70 Å². The average molecular weight is 466 g/mol. The first-order valence-electron chi connectivity index (χ1n) is 9.45. The van der Waals surface area contributed by atoms with Crippen LogP contribution in [-0.4, -0.2) is 31.0 Å². The number of nitrogens with one attached hydrogen (secondary N) is 1. The minimum absolute atomic E-state index is 0.130. The molecule has 0 saturated carbocycles. The van der Waals surface area contributed by atoms with E-state index in [4.69, 9.17) is 4.74 Å². The van der Waals surface area contributed by atoms with Crippen molar-refractivity contribution in [2.24, 2.45) is 7.05 Å². The van der Waals surface area contributed by atoms with Gasteiger partial charge in [-0.05, 0) is 41.1 Å². The van der Waals surface area contributed by atoms with E-state index in [0.29, 0.717) is 32.4 Å². The van der Waals surface area contributed by atoms with E-state index >= 15 is 0 Å². The maximum atomic E-state index is 12.6. The van der Waals surface area contributed by atoms with Crippen LogP contribution in [0.1, 0.15) is 25.9 Å². The minimum Gasteiger partial charge on any atom is -0.454 e. The lowest BCUT2D eigenvalue weighted by atomic mass is 10.2. The van der Waals surface area contributed by atoms with Crippen LogP contribution in [0.15, 0.2) is 58.0 Å². The Balaban J connectivity index is 1.36. The Labute approximate surface area is 188 Å². The Morgan fingerprint density at radius 2 is 1.97 bits per heavy atom. The highest BCUT2D eigenvalue weighted by Gasteiger charge is 2.17. The number of nitrogens with zero attached hydrogens (tertiary/aromatic N) is 4. The van der Waals surface area contributed by atoms with Crippen LogP contribution in [0.5, 0.6) is 0 Å². The van der Waals surface area contributed by atoms with Gasteiger partial charge >= 0.3 is 5.97 Å². The first kappa shape index (κ1) is 20.1. The van der Waals surface area contributed by atoms with Gasteiger partial charge in [0.15, 0.2) is 12.4 Å². The summed E-state index contributed by atoms with van der Waals surface area (Å²) in [5.74, 6) is -0.0501. The molecule has 0 aliphatic rings. The lowest BCUT2D eigenvalue weighted by Gasteiger charge is -2.08. The highest BCUT2D eigenvalue weighted by atomic mass is 32.1. The number of thiophene rings is 2. The Kier molecular flexibility index (Phi) is 5.04. The van der Waals surface area contributed by atoms with Gasteiger partial charge < -0.3 is 10.1 Å². The molecular weight excluding hydrogens is 450 g/mol. The molecule has 160 valence electrons. The number of benzene rings is 1. The number of fused-ring (bicyclic) bond motifs is 3. The van der Waals surface area contributed by atoms with E-state index in [-0.39, 0.29) is 23.6 Å². The number of ether oxygens (including phenoxy) is 1. The van der Waals surface area contributed by atoms with Crippen molar-refractivity contribution >= 4 is 56.2 Å². The van der Waals surface area contributed by atoms with Crippen LogP contribution in [0, 0.1) is 0 Å². The summed E-state index contributed by atoms with van der Waals surface area (Å²) in [5.41, 5.74) is 1.29. The Morgan fingerprint density at radius 1 is 1.09 bits per heavy atom. The topological polar surface area (TPSA) is 108 Å². The van der Waals surface area contributed by atoms with Gasteiger partial charge in [-0.3, -0.25) is 18.6 Å². The standard InChI is InChI=1S/C21H15N5O4S2/c1-25-19(28)17-14(7-9-32-17)26-16(23-24-21(25)26)11-30-20(29)12-4-2-5-13(10-12)22-18(27)15-6-3-8-31-15/h2-10H,11H2,1H3,(H,22,27). The molecule has 0 spiro atoms. The lowest BCUT2D eigenvalue weighted by Crippen LogP contribution is -2.19. The molecule has 1 N–H and O–H groups in total. The Bertz CT molecular complexity index is 1530. The molecule has 1 aromatic carbocycles. The number of esters is 1.